The number of nitrogens with zero attached hydrogens (tertiary/aromatic N) is 1. The van der Waals surface area contributed by atoms with Crippen molar-refractivity contribution < 1.29 is 9.90 Å². The summed E-state index contributed by atoms with van der Waals surface area (Å²) in [7, 11) is 1.91. The molecule has 0 aliphatic rings. The molecule has 4 nitrogen and oxygen atoms in total. The Bertz CT molecular complexity index is 382. The number of anilines is 2. The van der Waals surface area contributed by atoms with Crippen LogP contribution in [0.3, 0.4) is 0 Å². The molecule has 3 N–H and O–H groups in total. The second-order valence-corrected chi connectivity index (χ2v) is 4.44. The molecule has 0 aliphatic heterocycles. The fraction of sp³-hybridized carbons (Fsp3) is 0.364. The van der Waals surface area contributed by atoms with Crippen LogP contribution >= 0.6 is 11.8 Å². The van der Waals surface area contributed by atoms with E-state index in [1.165, 1.54) is 6.07 Å². The van der Waals surface area contributed by atoms with Gasteiger partial charge in [0.05, 0.1) is 16.9 Å². The molecule has 0 radical (unpaired) electrons. The fourth-order valence-electron chi connectivity index (χ4n) is 1.42. The number of aromatic carboxylic acids is 1. The van der Waals surface area contributed by atoms with Gasteiger partial charge in [-0.05, 0) is 18.4 Å². The summed E-state index contributed by atoms with van der Waals surface area (Å²) in [6, 6.07) is 5.07. The van der Waals surface area contributed by atoms with Gasteiger partial charge in [-0.15, -0.1) is 0 Å². The Labute approximate surface area is 99.4 Å². The van der Waals surface area contributed by atoms with Crippen molar-refractivity contribution in [3.05, 3.63) is 23.8 Å². The normalized spacial score (nSPS) is 10.1. The molecule has 5 heteroatoms. The van der Waals surface area contributed by atoms with Crippen LogP contribution in [0, 0.1) is 0 Å². The molecule has 0 bridgehead atoms. The van der Waals surface area contributed by atoms with Gasteiger partial charge in [0.25, 0.3) is 0 Å². The molecule has 0 saturated heterocycles. The lowest BCUT2D eigenvalue weighted by molar-refractivity contribution is 0.0698. The highest BCUT2D eigenvalue weighted by molar-refractivity contribution is 7.98. The topological polar surface area (TPSA) is 66.6 Å². The molecule has 1 aromatic rings. The quantitative estimate of drug-likeness (QED) is 0.768. The number of carboxylic acids is 1. The Morgan fingerprint density at radius 2 is 2.25 bits per heavy atom. The fourth-order valence-corrected chi connectivity index (χ4v) is 1.88. The zero-order valence-electron chi connectivity index (χ0n) is 9.43. The third-order valence-electron chi connectivity index (χ3n) is 2.36. The van der Waals surface area contributed by atoms with E-state index in [1.807, 2.05) is 24.3 Å². The summed E-state index contributed by atoms with van der Waals surface area (Å²) in [5.74, 6) is -0.00891. The molecular formula is C11H16N2O2S. The minimum Gasteiger partial charge on any atom is -0.478 e. The van der Waals surface area contributed by atoms with Crippen LogP contribution in [0.1, 0.15) is 10.4 Å². The molecule has 88 valence electrons. The van der Waals surface area contributed by atoms with E-state index in [2.05, 4.69) is 0 Å². The highest BCUT2D eigenvalue weighted by atomic mass is 32.2. The maximum Gasteiger partial charge on any atom is 0.337 e. The summed E-state index contributed by atoms with van der Waals surface area (Å²) in [5.41, 5.74) is 7.09. The molecule has 0 fully saturated rings. The van der Waals surface area contributed by atoms with Crippen molar-refractivity contribution in [2.75, 3.05) is 36.2 Å². The van der Waals surface area contributed by atoms with Gasteiger partial charge < -0.3 is 15.7 Å². The van der Waals surface area contributed by atoms with Crippen LogP contribution in [0.15, 0.2) is 18.2 Å². The Morgan fingerprint density at radius 3 is 2.81 bits per heavy atom. The van der Waals surface area contributed by atoms with Gasteiger partial charge in [0.15, 0.2) is 0 Å². The summed E-state index contributed by atoms with van der Waals surface area (Å²) in [6.45, 7) is 0.842. The summed E-state index contributed by atoms with van der Waals surface area (Å²) in [6.07, 6.45) is 2.03. The number of carbonyl (C=O) groups is 1. The number of rotatable bonds is 5. The number of carboxylic acid groups (broad SMARTS) is 1. The van der Waals surface area contributed by atoms with Gasteiger partial charge in [-0.25, -0.2) is 4.79 Å². The summed E-state index contributed by atoms with van der Waals surface area (Å²) < 4.78 is 0. The summed E-state index contributed by atoms with van der Waals surface area (Å²) in [4.78, 5) is 12.9. The largest absolute Gasteiger partial charge is 0.478 e. The van der Waals surface area contributed by atoms with Crippen molar-refractivity contribution in [3.8, 4) is 0 Å². The molecule has 0 aromatic heterocycles. The van der Waals surface area contributed by atoms with Gasteiger partial charge in [-0.1, -0.05) is 6.07 Å². The van der Waals surface area contributed by atoms with Gasteiger partial charge in [0.1, 0.15) is 0 Å². The van der Waals surface area contributed by atoms with Crippen LogP contribution in [0.5, 0.6) is 0 Å². The van der Waals surface area contributed by atoms with E-state index in [1.54, 1.807) is 17.8 Å². The van der Waals surface area contributed by atoms with Crippen LogP contribution in [-0.4, -0.2) is 36.7 Å². The van der Waals surface area contributed by atoms with Crippen molar-refractivity contribution in [1.82, 2.24) is 0 Å². The van der Waals surface area contributed by atoms with E-state index in [0.29, 0.717) is 5.69 Å². The predicted molar refractivity (Wildman–Crippen MR) is 69.5 cm³/mol. The first-order valence-electron chi connectivity index (χ1n) is 4.89. The average Bonchev–Trinajstić information content (AvgIpc) is 2.25. The van der Waals surface area contributed by atoms with Crippen molar-refractivity contribution in [3.63, 3.8) is 0 Å². The Balaban J connectivity index is 2.96. The number of nitrogens with two attached hydrogens (primary N) is 1. The first kappa shape index (κ1) is 12.7. The second kappa shape index (κ2) is 5.65. The standard InChI is InChI=1S/C11H16N2O2S/c1-13(6-7-16-2)9-5-3-4-8(10(9)12)11(14)15/h3-5H,6-7,12H2,1-2H3,(H,14,15). The maximum atomic E-state index is 10.9. The van der Waals surface area contributed by atoms with Crippen LogP contribution in [-0.2, 0) is 0 Å². The minimum atomic E-state index is -0.988. The Hall–Kier alpha value is -1.36. The highest BCUT2D eigenvalue weighted by Crippen LogP contribution is 2.25. The molecule has 0 saturated carbocycles. The molecule has 1 rings (SSSR count). The van der Waals surface area contributed by atoms with E-state index in [0.717, 1.165) is 18.0 Å². The van der Waals surface area contributed by atoms with Crippen molar-refractivity contribution in [2.24, 2.45) is 0 Å². The van der Waals surface area contributed by atoms with Gasteiger partial charge in [0.2, 0.25) is 0 Å². The number of hydrogen-bond acceptors (Lipinski definition) is 4. The molecule has 0 heterocycles. The Morgan fingerprint density at radius 1 is 1.56 bits per heavy atom. The second-order valence-electron chi connectivity index (χ2n) is 3.46. The number of para-hydroxylation sites is 1. The smallest absolute Gasteiger partial charge is 0.337 e. The lowest BCUT2D eigenvalue weighted by atomic mass is 10.1. The van der Waals surface area contributed by atoms with E-state index >= 15 is 0 Å². The SMILES string of the molecule is CSCCN(C)c1cccc(C(=O)O)c1N. The monoisotopic (exact) mass is 240 g/mol. The first-order chi connectivity index (χ1) is 7.57. The van der Waals surface area contributed by atoms with Crippen LogP contribution in [0.25, 0.3) is 0 Å². The molecule has 1 aromatic carbocycles. The van der Waals surface area contributed by atoms with Crippen molar-refractivity contribution >= 4 is 29.1 Å². The molecule has 0 amide bonds. The first-order valence-corrected chi connectivity index (χ1v) is 6.29. The lowest BCUT2D eigenvalue weighted by Crippen LogP contribution is -2.22. The Kier molecular flexibility index (Phi) is 4.49. The van der Waals surface area contributed by atoms with E-state index in [4.69, 9.17) is 10.8 Å². The van der Waals surface area contributed by atoms with Crippen LogP contribution in [0.2, 0.25) is 0 Å². The van der Waals surface area contributed by atoms with Crippen molar-refractivity contribution in [2.45, 2.75) is 0 Å². The molecule has 0 atom stereocenters. The van der Waals surface area contributed by atoms with Gasteiger partial charge >= 0.3 is 5.97 Å². The van der Waals surface area contributed by atoms with E-state index in [9.17, 15) is 4.79 Å². The number of thioether (sulfide) groups is 1. The van der Waals surface area contributed by atoms with Crippen molar-refractivity contribution in [1.29, 1.82) is 0 Å². The number of benzene rings is 1. The van der Waals surface area contributed by atoms with Gasteiger partial charge in [0, 0.05) is 19.3 Å². The van der Waals surface area contributed by atoms with E-state index < -0.39 is 5.97 Å². The highest BCUT2D eigenvalue weighted by Gasteiger charge is 2.13. The molecule has 16 heavy (non-hydrogen) atoms. The van der Waals surface area contributed by atoms with Crippen LogP contribution < -0.4 is 10.6 Å². The van der Waals surface area contributed by atoms with Gasteiger partial charge in [-0.3, -0.25) is 0 Å². The van der Waals surface area contributed by atoms with Gasteiger partial charge in [-0.2, -0.15) is 11.8 Å². The molecular weight excluding hydrogens is 224 g/mol. The molecule has 0 spiro atoms. The third-order valence-corrected chi connectivity index (χ3v) is 2.95. The average molecular weight is 240 g/mol. The van der Waals surface area contributed by atoms with E-state index in [-0.39, 0.29) is 5.56 Å². The number of nitrogen functional groups attached to an aromatic ring is 1. The molecule has 0 aliphatic carbocycles. The summed E-state index contributed by atoms with van der Waals surface area (Å²) >= 11 is 1.74. The number of hydrogen-bond donors (Lipinski definition) is 2. The lowest BCUT2D eigenvalue weighted by Gasteiger charge is -2.21. The predicted octanol–water partition coefficient (Wildman–Crippen LogP) is 1.77. The van der Waals surface area contributed by atoms with Crippen LogP contribution in [0.4, 0.5) is 11.4 Å². The zero-order valence-corrected chi connectivity index (χ0v) is 10.3. The zero-order chi connectivity index (χ0) is 12.1. The summed E-state index contributed by atoms with van der Waals surface area (Å²) in [5, 5.41) is 8.95. The third kappa shape index (κ3) is 2.82. The minimum absolute atomic E-state index is 0.161. The maximum absolute atomic E-state index is 10.9. The molecule has 0 unspecified atom stereocenters.